The van der Waals surface area contributed by atoms with Crippen LogP contribution in [0.2, 0.25) is 0 Å². The number of ether oxygens (including phenoxy) is 1. The molecule has 142 valence electrons. The molecule has 0 aliphatic carbocycles. The van der Waals surface area contributed by atoms with Crippen LogP contribution >= 0.6 is 0 Å². The number of hydrazone groups is 1. The number of aryl methyl sites for hydroxylation is 1. The van der Waals surface area contributed by atoms with Crippen molar-refractivity contribution in [3.05, 3.63) is 40.6 Å². The molecule has 8 heteroatoms. The lowest BCUT2D eigenvalue weighted by molar-refractivity contribution is -0.120. The van der Waals surface area contributed by atoms with Gasteiger partial charge in [0.1, 0.15) is 5.92 Å². The fourth-order valence-corrected chi connectivity index (χ4v) is 3.58. The Hall–Kier alpha value is -2.71. The summed E-state index contributed by atoms with van der Waals surface area (Å²) in [5.74, 6) is -0.637. The second-order valence-electron chi connectivity index (χ2n) is 6.92. The molecular formula is C19H24N6O2. The molecule has 4 rings (SSSR count). The van der Waals surface area contributed by atoms with Gasteiger partial charge in [-0.3, -0.25) is 14.7 Å². The summed E-state index contributed by atoms with van der Waals surface area (Å²) in [5.41, 5.74) is 8.65. The molecular weight excluding hydrogens is 344 g/mol. The zero-order chi connectivity index (χ0) is 18.8. The molecule has 3 aliphatic heterocycles. The Morgan fingerprint density at radius 3 is 2.89 bits per heavy atom. The number of hydrogen-bond donors (Lipinski definition) is 3. The van der Waals surface area contributed by atoms with Crippen LogP contribution in [0.1, 0.15) is 22.5 Å². The van der Waals surface area contributed by atoms with Crippen LogP contribution in [0.4, 0.5) is 0 Å². The Morgan fingerprint density at radius 1 is 1.33 bits per heavy atom. The van der Waals surface area contributed by atoms with Gasteiger partial charge in [-0.25, -0.2) is 5.43 Å². The summed E-state index contributed by atoms with van der Waals surface area (Å²) in [4.78, 5) is 22.3. The topological polar surface area (TPSA) is 94.1 Å². The number of allylic oxidation sites excluding steroid dienone is 1. The molecule has 8 nitrogen and oxygen atoms in total. The number of amides is 1. The highest BCUT2D eigenvalue weighted by atomic mass is 16.5. The van der Waals surface area contributed by atoms with Crippen molar-refractivity contribution in [2.75, 3.05) is 26.3 Å². The molecule has 1 saturated heterocycles. The van der Waals surface area contributed by atoms with Gasteiger partial charge in [0.25, 0.3) is 5.91 Å². The number of nitrogens with one attached hydrogen (secondary N) is 3. The minimum absolute atomic E-state index is 0.163. The Balaban J connectivity index is 1.60. The first-order valence-corrected chi connectivity index (χ1v) is 9.16. The molecule has 0 saturated carbocycles. The fourth-order valence-electron chi connectivity index (χ4n) is 3.58. The van der Waals surface area contributed by atoms with Gasteiger partial charge in [-0.2, -0.15) is 5.10 Å². The van der Waals surface area contributed by atoms with Crippen LogP contribution in [0.25, 0.3) is 6.08 Å². The van der Waals surface area contributed by atoms with E-state index in [1.165, 1.54) is 11.1 Å². The van der Waals surface area contributed by atoms with Crippen LogP contribution in [0.15, 0.2) is 28.2 Å². The molecule has 1 aromatic rings. The standard InChI is InChI=1S/C19H24N6O2/c1-12-15(11-25-5-7-27-8-6-25)13(2)23-16(12)9-17-18(21-4-3-20-17)14-10-22-24-19(14)26/h3-4,9-10,14,20,23H,5-8,11H2,1-2H3,(H,24,26). The van der Waals surface area contributed by atoms with E-state index in [1.54, 1.807) is 18.6 Å². The highest BCUT2D eigenvalue weighted by Gasteiger charge is 2.29. The van der Waals surface area contributed by atoms with Crippen LogP contribution in [-0.4, -0.2) is 54.0 Å². The summed E-state index contributed by atoms with van der Waals surface area (Å²) in [6.07, 6.45) is 7.03. The Labute approximate surface area is 158 Å². The van der Waals surface area contributed by atoms with Gasteiger partial charge in [0.15, 0.2) is 0 Å². The quantitative estimate of drug-likeness (QED) is 0.741. The van der Waals surface area contributed by atoms with Crippen LogP contribution in [0.3, 0.4) is 0 Å². The maximum absolute atomic E-state index is 12.0. The monoisotopic (exact) mass is 368 g/mol. The second-order valence-corrected chi connectivity index (χ2v) is 6.92. The van der Waals surface area contributed by atoms with Crippen molar-refractivity contribution >= 4 is 23.9 Å². The molecule has 3 aliphatic rings. The van der Waals surface area contributed by atoms with Gasteiger partial charge < -0.3 is 15.0 Å². The average molecular weight is 368 g/mol. The summed E-state index contributed by atoms with van der Waals surface area (Å²) in [6.45, 7) is 8.64. The Kier molecular flexibility index (Phi) is 4.91. The molecule has 0 aromatic carbocycles. The van der Waals surface area contributed by atoms with E-state index in [0.29, 0.717) is 5.71 Å². The van der Waals surface area contributed by atoms with Gasteiger partial charge in [0.2, 0.25) is 0 Å². The second kappa shape index (κ2) is 7.50. The molecule has 0 bridgehead atoms. The van der Waals surface area contributed by atoms with Crippen LogP contribution in [0, 0.1) is 19.8 Å². The number of aromatic nitrogens is 1. The van der Waals surface area contributed by atoms with Gasteiger partial charge in [-0.15, -0.1) is 0 Å². The molecule has 1 fully saturated rings. The number of carbonyl (C=O) groups excluding carboxylic acids is 1. The number of carbonyl (C=O) groups is 1. The molecule has 1 aromatic heterocycles. The first-order valence-electron chi connectivity index (χ1n) is 9.16. The van der Waals surface area contributed by atoms with Crippen molar-refractivity contribution in [3.63, 3.8) is 0 Å². The van der Waals surface area contributed by atoms with Crippen molar-refractivity contribution in [1.29, 1.82) is 0 Å². The van der Waals surface area contributed by atoms with E-state index >= 15 is 0 Å². The highest BCUT2D eigenvalue weighted by Crippen LogP contribution is 2.23. The van der Waals surface area contributed by atoms with Gasteiger partial charge in [0, 0.05) is 49.6 Å². The first-order chi connectivity index (χ1) is 13.1. The van der Waals surface area contributed by atoms with Crippen molar-refractivity contribution in [3.8, 4) is 0 Å². The van der Waals surface area contributed by atoms with Gasteiger partial charge in [0.05, 0.1) is 24.6 Å². The number of hydrogen-bond acceptors (Lipinski definition) is 6. The summed E-state index contributed by atoms with van der Waals surface area (Å²) >= 11 is 0. The number of rotatable bonds is 4. The Bertz CT molecular complexity index is 858. The van der Waals surface area contributed by atoms with Crippen molar-refractivity contribution in [2.24, 2.45) is 16.0 Å². The largest absolute Gasteiger partial charge is 0.379 e. The molecule has 0 radical (unpaired) electrons. The third-order valence-electron chi connectivity index (χ3n) is 5.18. The van der Waals surface area contributed by atoms with E-state index in [0.717, 1.165) is 49.9 Å². The lowest BCUT2D eigenvalue weighted by atomic mass is 9.99. The van der Waals surface area contributed by atoms with E-state index in [1.807, 2.05) is 6.08 Å². The summed E-state index contributed by atoms with van der Waals surface area (Å²) in [7, 11) is 0. The van der Waals surface area contributed by atoms with Crippen LogP contribution in [0.5, 0.6) is 0 Å². The van der Waals surface area contributed by atoms with Crippen molar-refractivity contribution < 1.29 is 9.53 Å². The molecule has 0 spiro atoms. The van der Waals surface area contributed by atoms with Crippen molar-refractivity contribution in [2.45, 2.75) is 20.4 Å². The number of H-pyrrole nitrogens is 1. The molecule has 1 amide bonds. The minimum Gasteiger partial charge on any atom is -0.379 e. The predicted molar refractivity (Wildman–Crippen MR) is 104 cm³/mol. The maximum atomic E-state index is 12.0. The van der Waals surface area contributed by atoms with Crippen LogP contribution in [-0.2, 0) is 16.1 Å². The lowest BCUT2D eigenvalue weighted by Crippen LogP contribution is -2.35. The number of aromatic amines is 1. The Morgan fingerprint density at radius 2 is 2.15 bits per heavy atom. The third kappa shape index (κ3) is 3.58. The first kappa shape index (κ1) is 17.7. The SMILES string of the molecule is Cc1[nH]c(C=C2NC=CN=C2C2C=NNC2=O)c(C)c1CN1CCOCC1. The fraction of sp³-hybridized carbons (Fsp3) is 0.421. The lowest BCUT2D eigenvalue weighted by Gasteiger charge is -2.26. The van der Waals surface area contributed by atoms with Crippen LogP contribution < -0.4 is 10.7 Å². The minimum atomic E-state index is -0.474. The summed E-state index contributed by atoms with van der Waals surface area (Å²) < 4.78 is 5.44. The molecule has 4 heterocycles. The van der Waals surface area contributed by atoms with Gasteiger partial charge in [-0.1, -0.05) is 0 Å². The van der Waals surface area contributed by atoms with E-state index in [4.69, 9.17) is 4.74 Å². The van der Waals surface area contributed by atoms with E-state index in [2.05, 4.69) is 44.6 Å². The average Bonchev–Trinajstić information content (AvgIpc) is 3.22. The number of nitrogens with zero attached hydrogens (tertiary/aromatic N) is 3. The van der Waals surface area contributed by atoms with Gasteiger partial charge >= 0.3 is 0 Å². The highest BCUT2D eigenvalue weighted by molar-refractivity contribution is 6.24. The number of morpholine rings is 1. The summed E-state index contributed by atoms with van der Waals surface area (Å²) in [6, 6.07) is 0. The predicted octanol–water partition coefficient (Wildman–Crippen LogP) is 1.05. The molecule has 27 heavy (non-hydrogen) atoms. The molecule has 3 N–H and O–H groups in total. The smallest absolute Gasteiger partial charge is 0.254 e. The maximum Gasteiger partial charge on any atom is 0.254 e. The summed E-state index contributed by atoms with van der Waals surface area (Å²) in [5, 5.41) is 7.07. The third-order valence-corrected chi connectivity index (χ3v) is 5.18. The normalized spacial score (nSPS) is 24.2. The molecule has 1 unspecified atom stereocenters. The molecule has 1 atom stereocenters. The van der Waals surface area contributed by atoms with E-state index in [-0.39, 0.29) is 5.91 Å². The zero-order valence-corrected chi connectivity index (χ0v) is 15.6. The van der Waals surface area contributed by atoms with Gasteiger partial charge in [-0.05, 0) is 31.1 Å². The van der Waals surface area contributed by atoms with E-state index < -0.39 is 5.92 Å². The number of aliphatic imine (C=N–C) groups is 1. The zero-order valence-electron chi connectivity index (χ0n) is 15.6. The van der Waals surface area contributed by atoms with E-state index in [9.17, 15) is 4.79 Å². The van der Waals surface area contributed by atoms with Crippen molar-refractivity contribution in [1.82, 2.24) is 20.6 Å².